The lowest BCUT2D eigenvalue weighted by Gasteiger charge is -2.24. The molecule has 0 bridgehead atoms. The summed E-state index contributed by atoms with van der Waals surface area (Å²) in [7, 11) is 0. The van der Waals surface area contributed by atoms with E-state index < -0.39 is 12.0 Å². The van der Waals surface area contributed by atoms with Gasteiger partial charge in [0.15, 0.2) is 0 Å². The summed E-state index contributed by atoms with van der Waals surface area (Å²) in [4.78, 5) is 16.7. The van der Waals surface area contributed by atoms with Gasteiger partial charge in [-0.2, -0.15) is 0 Å². The van der Waals surface area contributed by atoms with Crippen molar-refractivity contribution in [2.45, 2.75) is 18.9 Å². The topological polar surface area (TPSA) is 53.4 Å². The van der Waals surface area contributed by atoms with Crippen LogP contribution >= 0.6 is 11.6 Å². The number of hydrogen-bond acceptors (Lipinski definition) is 3. The lowest BCUT2D eigenvalue weighted by molar-refractivity contribution is -0.138. The van der Waals surface area contributed by atoms with Gasteiger partial charge in [0.05, 0.1) is 10.7 Å². The third-order valence-electron chi connectivity index (χ3n) is 2.60. The van der Waals surface area contributed by atoms with E-state index in [-0.39, 0.29) is 0 Å². The van der Waals surface area contributed by atoms with Crippen LogP contribution in [-0.2, 0) is 4.79 Å². The molecule has 1 aliphatic heterocycles. The first-order chi connectivity index (χ1) is 7.20. The fourth-order valence-corrected chi connectivity index (χ4v) is 2.14. The molecule has 0 unspecified atom stereocenters. The Morgan fingerprint density at radius 3 is 3.13 bits per heavy atom. The number of carboxylic acid groups (broad SMARTS) is 1. The van der Waals surface area contributed by atoms with Gasteiger partial charge in [-0.05, 0) is 18.9 Å². The van der Waals surface area contributed by atoms with Crippen LogP contribution in [0.5, 0.6) is 0 Å². The molecule has 0 saturated carbocycles. The highest BCUT2D eigenvalue weighted by molar-refractivity contribution is 6.33. The van der Waals surface area contributed by atoms with E-state index in [2.05, 4.69) is 4.98 Å². The van der Waals surface area contributed by atoms with Gasteiger partial charge in [-0.1, -0.05) is 11.6 Å². The number of anilines is 1. The van der Waals surface area contributed by atoms with Crippen molar-refractivity contribution in [1.82, 2.24) is 4.98 Å². The molecule has 5 heteroatoms. The van der Waals surface area contributed by atoms with Gasteiger partial charge in [0.2, 0.25) is 0 Å². The lowest BCUT2D eigenvalue weighted by Crippen LogP contribution is -2.36. The van der Waals surface area contributed by atoms with Crippen LogP contribution in [0.25, 0.3) is 0 Å². The van der Waals surface area contributed by atoms with Crippen molar-refractivity contribution in [3.63, 3.8) is 0 Å². The van der Waals surface area contributed by atoms with Crippen LogP contribution in [-0.4, -0.2) is 28.6 Å². The molecule has 80 valence electrons. The van der Waals surface area contributed by atoms with Crippen LogP contribution in [0, 0.1) is 0 Å². The van der Waals surface area contributed by atoms with Crippen molar-refractivity contribution in [3.8, 4) is 0 Å². The highest BCUT2D eigenvalue weighted by Gasteiger charge is 2.31. The van der Waals surface area contributed by atoms with Crippen molar-refractivity contribution in [3.05, 3.63) is 23.5 Å². The third-order valence-corrected chi connectivity index (χ3v) is 2.89. The van der Waals surface area contributed by atoms with Crippen LogP contribution in [0.4, 0.5) is 5.69 Å². The summed E-state index contributed by atoms with van der Waals surface area (Å²) < 4.78 is 0. The third kappa shape index (κ3) is 1.90. The SMILES string of the molecule is O=C(O)[C@H]1CCCN1c1ccncc1Cl. The van der Waals surface area contributed by atoms with Crippen LogP contribution in [0.15, 0.2) is 18.5 Å². The molecule has 15 heavy (non-hydrogen) atoms. The number of pyridine rings is 1. The van der Waals surface area contributed by atoms with E-state index in [0.29, 0.717) is 11.4 Å². The Bertz CT molecular complexity index is 383. The van der Waals surface area contributed by atoms with Gasteiger partial charge in [-0.3, -0.25) is 4.98 Å². The van der Waals surface area contributed by atoms with Crippen LogP contribution < -0.4 is 4.90 Å². The molecule has 0 aliphatic carbocycles. The summed E-state index contributed by atoms with van der Waals surface area (Å²) >= 11 is 5.98. The van der Waals surface area contributed by atoms with E-state index in [0.717, 1.165) is 18.7 Å². The minimum absolute atomic E-state index is 0.454. The van der Waals surface area contributed by atoms with Crippen LogP contribution in [0.1, 0.15) is 12.8 Å². The van der Waals surface area contributed by atoms with Crippen molar-refractivity contribution >= 4 is 23.3 Å². The van der Waals surface area contributed by atoms with Crippen molar-refractivity contribution in [1.29, 1.82) is 0 Å². The Labute approximate surface area is 92.5 Å². The first kappa shape index (κ1) is 10.2. The minimum Gasteiger partial charge on any atom is -0.480 e. The maximum atomic E-state index is 11.0. The summed E-state index contributed by atoms with van der Waals surface area (Å²) in [5.41, 5.74) is 0.761. The summed E-state index contributed by atoms with van der Waals surface area (Å²) in [5, 5.41) is 9.54. The molecule has 1 atom stereocenters. The maximum Gasteiger partial charge on any atom is 0.326 e. The van der Waals surface area contributed by atoms with Gasteiger partial charge >= 0.3 is 5.97 Å². The van der Waals surface area contributed by atoms with Crippen molar-refractivity contribution in [2.24, 2.45) is 0 Å². The predicted octanol–water partition coefficient (Wildman–Crippen LogP) is 1.79. The Morgan fingerprint density at radius 1 is 1.67 bits per heavy atom. The fraction of sp³-hybridized carbons (Fsp3) is 0.400. The molecule has 2 heterocycles. The predicted molar refractivity (Wildman–Crippen MR) is 57.3 cm³/mol. The summed E-state index contributed by atoms with van der Waals surface area (Å²) in [6, 6.07) is 1.30. The first-order valence-corrected chi connectivity index (χ1v) is 5.17. The van der Waals surface area contributed by atoms with Crippen molar-refractivity contribution < 1.29 is 9.90 Å². The number of aromatic nitrogens is 1. The Balaban J connectivity index is 2.30. The summed E-state index contributed by atoms with van der Waals surface area (Å²) in [5.74, 6) is -0.791. The molecule has 2 rings (SSSR count). The quantitative estimate of drug-likeness (QED) is 0.836. The smallest absolute Gasteiger partial charge is 0.326 e. The summed E-state index contributed by atoms with van der Waals surface area (Å²) in [6.07, 6.45) is 4.72. The largest absolute Gasteiger partial charge is 0.480 e. The van der Waals surface area contributed by atoms with Gasteiger partial charge < -0.3 is 10.0 Å². The molecule has 1 fully saturated rings. The van der Waals surface area contributed by atoms with Crippen LogP contribution in [0.3, 0.4) is 0 Å². The monoisotopic (exact) mass is 226 g/mol. The fourth-order valence-electron chi connectivity index (χ4n) is 1.91. The normalized spacial score (nSPS) is 20.6. The van der Waals surface area contributed by atoms with Gasteiger partial charge in [0, 0.05) is 18.9 Å². The average Bonchev–Trinajstić information content (AvgIpc) is 2.67. The molecule has 4 nitrogen and oxygen atoms in total. The Morgan fingerprint density at radius 2 is 2.47 bits per heavy atom. The second-order valence-corrected chi connectivity index (χ2v) is 3.92. The molecule has 0 spiro atoms. The number of halogens is 1. The highest BCUT2D eigenvalue weighted by Crippen LogP contribution is 2.30. The van der Waals surface area contributed by atoms with E-state index >= 15 is 0 Å². The molecule has 1 aromatic heterocycles. The zero-order valence-corrected chi connectivity index (χ0v) is 8.81. The van der Waals surface area contributed by atoms with E-state index in [1.807, 2.05) is 4.90 Å². The number of carbonyl (C=O) groups is 1. The minimum atomic E-state index is -0.791. The molecule has 0 radical (unpaired) electrons. The zero-order valence-electron chi connectivity index (χ0n) is 8.06. The van der Waals surface area contributed by atoms with Gasteiger partial charge in [-0.25, -0.2) is 4.79 Å². The number of rotatable bonds is 2. The Kier molecular flexibility index (Phi) is 2.77. The lowest BCUT2D eigenvalue weighted by atomic mass is 10.2. The van der Waals surface area contributed by atoms with E-state index in [9.17, 15) is 4.79 Å². The van der Waals surface area contributed by atoms with Crippen molar-refractivity contribution in [2.75, 3.05) is 11.4 Å². The first-order valence-electron chi connectivity index (χ1n) is 4.79. The number of nitrogens with zero attached hydrogens (tertiary/aromatic N) is 2. The summed E-state index contributed by atoms with van der Waals surface area (Å²) in [6.45, 7) is 0.737. The molecular formula is C10H11ClN2O2. The molecule has 1 saturated heterocycles. The number of aliphatic carboxylic acids is 1. The number of hydrogen-bond donors (Lipinski definition) is 1. The van der Waals surface area contributed by atoms with Gasteiger partial charge in [-0.15, -0.1) is 0 Å². The number of carboxylic acids is 1. The molecule has 0 aromatic carbocycles. The van der Waals surface area contributed by atoms with Gasteiger partial charge in [0.1, 0.15) is 6.04 Å². The average molecular weight is 227 g/mol. The molecule has 0 amide bonds. The second kappa shape index (κ2) is 4.06. The molecule has 1 aliphatic rings. The van der Waals surface area contributed by atoms with E-state index in [1.54, 1.807) is 12.3 Å². The zero-order chi connectivity index (χ0) is 10.8. The van der Waals surface area contributed by atoms with Crippen LogP contribution in [0.2, 0.25) is 5.02 Å². The van der Waals surface area contributed by atoms with E-state index in [1.165, 1.54) is 6.20 Å². The second-order valence-electron chi connectivity index (χ2n) is 3.52. The molecule has 1 aromatic rings. The van der Waals surface area contributed by atoms with E-state index in [4.69, 9.17) is 16.7 Å². The highest BCUT2D eigenvalue weighted by atomic mass is 35.5. The molecular weight excluding hydrogens is 216 g/mol. The standard InChI is InChI=1S/C10H11ClN2O2/c11-7-6-12-4-3-8(7)13-5-1-2-9(13)10(14)15/h3-4,6,9H,1-2,5H2,(H,14,15)/t9-/m1/s1. The maximum absolute atomic E-state index is 11.0. The molecule has 1 N–H and O–H groups in total. The van der Waals surface area contributed by atoms with Gasteiger partial charge in [0.25, 0.3) is 0 Å². The Hall–Kier alpha value is -1.29.